The Bertz CT molecular complexity index is 1020. The lowest BCUT2D eigenvalue weighted by atomic mass is 9.99. The molecule has 0 saturated heterocycles. The topological polar surface area (TPSA) is 56.2 Å². The van der Waals surface area contributed by atoms with Crippen molar-refractivity contribution in [2.75, 3.05) is 13.2 Å². The van der Waals surface area contributed by atoms with Gasteiger partial charge in [0.1, 0.15) is 18.2 Å². The molecule has 3 aromatic rings. The fourth-order valence-corrected chi connectivity index (χ4v) is 3.55. The highest BCUT2D eigenvalue weighted by Crippen LogP contribution is 2.22. The van der Waals surface area contributed by atoms with Crippen molar-refractivity contribution in [2.24, 2.45) is 0 Å². The van der Waals surface area contributed by atoms with Crippen molar-refractivity contribution >= 4 is 16.9 Å². The van der Waals surface area contributed by atoms with E-state index < -0.39 is 0 Å². The van der Waals surface area contributed by atoms with E-state index in [1.54, 1.807) is 6.92 Å². The number of nitrogens with one attached hydrogen (secondary N) is 1. The Hall–Kier alpha value is -3.08. The van der Waals surface area contributed by atoms with Crippen LogP contribution < -0.4 is 10.1 Å². The molecule has 0 fully saturated rings. The molecule has 5 nitrogen and oxygen atoms in total. The van der Waals surface area contributed by atoms with Crippen molar-refractivity contribution < 1.29 is 9.53 Å². The third-order valence-electron chi connectivity index (χ3n) is 5.63. The third-order valence-corrected chi connectivity index (χ3v) is 5.63. The van der Waals surface area contributed by atoms with Gasteiger partial charge in [-0.3, -0.25) is 4.79 Å². The molecule has 31 heavy (non-hydrogen) atoms. The predicted molar refractivity (Wildman–Crippen MR) is 127 cm³/mol. The summed E-state index contributed by atoms with van der Waals surface area (Å²) in [5.41, 5.74) is 3.97. The zero-order valence-corrected chi connectivity index (χ0v) is 18.9. The number of nitrogens with zero attached hydrogens (tertiary/aromatic N) is 2. The number of carbonyl (C=O) groups excluding carboxylic acids is 1. The summed E-state index contributed by atoms with van der Waals surface area (Å²) in [6, 6.07) is 16.6. The number of para-hydroxylation sites is 2. The molecule has 1 amide bonds. The molecule has 1 atom stereocenters. The Morgan fingerprint density at radius 3 is 2.65 bits per heavy atom. The number of rotatable bonds is 11. The fraction of sp³-hybridized carbons (Fsp3) is 0.385. The van der Waals surface area contributed by atoms with E-state index in [0.717, 1.165) is 48.4 Å². The minimum Gasteiger partial charge on any atom is -0.492 e. The zero-order valence-electron chi connectivity index (χ0n) is 18.9. The molecule has 1 unspecified atom stereocenters. The van der Waals surface area contributed by atoms with Gasteiger partial charge in [-0.1, -0.05) is 44.7 Å². The summed E-state index contributed by atoms with van der Waals surface area (Å²) in [5, 5.41) is 2.89. The van der Waals surface area contributed by atoms with Gasteiger partial charge in [0.15, 0.2) is 0 Å². The maximum atomic E-state index is 11.7. The van der Waals surface area contributed by atoms with E-state index in [9.17, 15) is 4.79 Å². The van der Waals surface area contributed by atoms with Gasteiger partial charge in [-0.2, -0.15) is 0 Å². The lowest BCUT2D eigenvalue weighted by molar-refractivity contribution is -0.117. The van der Waals surface area contributed by atoms with E-state index in [4.69, 9.17) is 9.72 Å². The van der Waals surface area contributed by atoms with Crippen LogP contribution in [0.2, 0.25) is 0 Å². The lowest BCUT2D eigenvalue weighted by Crippen LogP contribution is -2.25. The first kappa shape index (κ1) is 22.6. The second-order valence-corrected chi connectivity index (χ2v) is 8.03. The van der Waals surface area contributed by atoms with Crippen molar-refractivity contribution in [2.45, 2.75) is 52.5 Å². The normalized spacial score (nSPS) is 12.0. The van der Waals surface area contributed by atoms with Gasteiger partial charge in [0, 0.05) is 18.5 Å². The van der Waals surface area contributed by atoms with Crippen LogP contribution in [0, 0.1) is 0 Å². The molecule has 164 valence electrons. The summed E-state index contributed by atoms with van der Waals surface area (Å²) in [7, 11) is 0. The number of benzene rings is 2. The molecule has 0 aliphatic heterocycles. The average Bonchev–Trinajstić information content (AvgIpc) is 3.14. The third kappa shape index (κ3) is 5.97. The molecular weight excluding hydrogens is 386 g/mol. The van der Waals surface area contributed by atoms with Gasteiger partial charge in [-0.15, -0.1) is 0 Å². The minimum absolute atomic E-state index is 0.0961. The minimum atomic E-state index is -0.0961. The number of hydrogen-bond donors (Lipinski definition) is 1. The van der Waals surface area contributed by atoms with Gasteiger partial charge < -0.3 is 14.6 Å². The largest absolute Gasteiger partial charge is 0.492 e. The van der Waals surface area contributed by atoms with Gasteiger partial charge in [0.2, 0.25) is 5.91 Å². The Morgan fingerprint density at radius 1 is 1.19 bits per heavy atom. The number of aromatic nitrogens is 2. The van der Waals surface area contributed by atoms with Crippen molar-refractivity contribution in [1.29, 1.82) is 0 Å². The van der Waals surface area contributed by atoms with Gasteiger partial charge in [0.05, 0.1) is 17.6 Å². The van der Waals surface area contributed by atoms with Crippen LogP contribution in [-0.4, -0.2) is 28.6 Å². The van der Waals surface area contributed by atoms with Crippen LogP contribution in [0.3, 0.4) is 0 Å². The fourth-order valence-electron chi connectivity index (χ4n) is 3.55. The number of imidazole rings is 1. The van der Waals surface area contributed by atoms with Gasteiger partial charge in [-0.25, -0.2) is 4.98 Å². The smallest absolute Gasteiger partial charge is 0.246 e. The Morgan fingerprint density at radius 2 is 1.94 bits per heavy atom. The summed E-state index contributed by atoms with van der Waals surface area (Å²) in [4.78, 5) is 16.5. The average molecular weight is 420 g/mol. The molecule has 1 heterocycles. The first-order valence-electron chi connectivity index (χ1n) is 11.1. The van der Waals surface area contributed by atoms with Crippen molar-refractivity contribution in [3.63, 3.8) is 0 Å². The molecule has 3 rings (SSSR count). The van der Waals surface area contributed by atoms with E-state index in [2.05, 4.69) is 60.6 Å². The van der Waals surface area contributed by atoms with E-state index in [-0.39, 0.29) is 5.91 Å². The molecule has 0 spiro atoms. The molecule has 0 aliphatic carbocycles. The molecule has 0 bridgehead atoms. The van der Waals surface area contributed by atoms with E-state index in [0.29, 0.717) is 24.6 Å². The SMILES string of the molecule is C=C(C)C(=O)NCCCc1nc2ccccc2n1CCOc1ccc(C(C)CC)cc1. The van der Waals surface area contributed by atoms with Gasteiger partial charge >= 0.3 is 0 Å². The molecule has 0 radical (unpaired) electrons. The van der Waals surface area contributed by atoms with E-state index in [1.165, 1.54) is 5.56 Å². The van der Waals surface area contributed by atoms with Crippen LogP contribution in [0.4, 0.5) is 0 Å². The molecule has 2 aromatic carbocycles. The number of aryl methyl sites for hydroxylation is 1. The molecule has 5 heteroatoms. The van der Waals surface area contributed by atoms with Crippen molar-refractivity contribution in [1.82, 2.24) is 14.9 Å². The summed E-state index contributed by atoms with van der Waals surface area (Å²) in [5.74, 6) is 2.37. The molecular formula is C26H33N3O2. The predicted octanol–water partition coefficient (Wildman–Crippen LogP) is 5.25. The van der Waals surface area contributed by atoms with E-state index in [1.807, 2.05) is 18.2 Å². The molecule has 1 N–H and O–H groups in total. The summed E-state index contributed by atoms with van der Waals surface area (Å²) in [6.45, 7) is 11.7. The van der Waals surface area contributed by atoms with Crippen LogP contribution >= 0.6 is 0 Å². The number of fused-ring (bicyclic) bond motifs is 1. The molecule has 0 aliphatic rings. The first-order chi connectivity index (χ1) is 15.0. The highest BCUT2D eigenvalue weighted by atomic mass is 16.5. The highest BCUT2D eigenvalue weighted by Gasteiger charge is 2.11. The highest BCUT2D eigenvalue weighted by molar-refractivity contribution is 5.92. The van der Waals surface area contributed by atoms with Crippen LogP contribution in [0.15, 0.2) is 60.7 Å². The van der Waals surface area contributed by atoms with Crippen LogP contribution in [0.5, 0.6) is 5.75 Å². The Balaban J connectivity index is 1.61. The Labute approximate surface area is 185 Å². The van der Waals surface area contributed by atoms with E-state index >= 15 is 0 Å². The summed E-state index contributed by atoms with van der Waals surface area (Å²) in [6.07, 6.45) is 2.74. The van der Waals surface area contributed by atoms with Crippen molar-refractivity contribution in [3.8, 4) is 5.75 Å². The standard InChI is InChI=1S/C26H33N3O2/c1-5-20(4)21-12-14-22(15-13-21)31-18-17-29-24-10-7-6-9-23(24)28-25(29)11-8-16-27-26(30)19(2)3/h6-7,9-10,12-15,20H,2,5,8,11,16-18H2,1,3-4H3,(H,27,30). The monoisotopic (exact) mass is 419 g/mol. The maximum Gasteiger partial charge on any atom is 0.246 e. The number of carbonyl (C=O) groups is 1. The maximum absolute atomic E-state index is 11.7. The quantitative estimate of drug-likeness (QED) is 0.341. The second-order valence-electron chi connectivity index (χ2n) is 8.03. The summed E-state index contributed by atoms with van der Waals surface area (Å²) < 4.78 is 8.25. The van der Waals surface area contributed by atoms with Crippen molar-refractivity contribution in [3.05, 3.63) is 72.1 Å². The second kappa shape index (κ2) is 10.8. The van der Waals surface area contributed by atoms with Crippen LogP contribution in [0.25, 0.3) is 11.0 Å². The molecule has 1 aromatic heterocycles. The summed E-state index contributed by atoms with van der Waals surface area (Å²) >= 11 is 0. The lowest BCUT2D eigenvalue weighted by Gasteiger charge is -2.13. The van der Waals surface area contributed by atoms with Gasteiger partial charge in [-0.05, 0) is 55.5 Å². The number of ether oxygens (including phenoxy) is 1. The Kier molecular flexibility index (Phi) is 7.88. The molecule has 0 saturated carbocycles. The van der Waals surface area contributed by atoms with Crippen LogP contribution in [0.1, 0.15) is 50.9 Å². The zero-order chi connectivity index (χ0) is 22.2. The number of hydrogen-bond acceptors (Lipinski definition) is 3. The number of amides is 1. The first-order valence-corrected chi connectivity index (χ1v) is 11.1. The van der Waals surface area contributed by atoms with Gasteiger partial charge in [0.25, 0.3) is 0 Å². The van der Waals surface area contributed by atoms with Crippen LogP contribution in [-0.2, 0) is 17.8 Å².